The molecular weight excluding hydrogens is 341 g/mol. The van der Waals surface area contributed by atoms with Crippen LogP contribution in [0, 0.1) is 0 Å². The number of nitrogens with zero attached hydrogens (tertiary/aromatic N) is 1. The van der Waals surface area contributed by atoms with Crippen LogP contribution in [0.4, 0.5) is 11.4 Å². The molecule has 0 spiro atoms. The van der Waals surface area contributed by atoms with E-state index in [1.165, 1.54) is 19.1 Å². The molecule has 0 unspecified atom stereocenters. The molecule has 0 atom stereocenters. The monoisotopic (exact) mass is 355 g/mol. The standard InChI is InChI=1S/C15H14ClN3O3.ClH/c1-10(20)17-12-8-14(21)13(7-11(12)16)18-15(22)9-19-5-3-2-4-6-19;/h2-8H,9H2,1H3,(H2-,17,18,20,21,22);1H. The lowest BCUT2D eigenvalue weighted by Crippen LogP contribution is -3.00. The van der Waals surface area contributed by atoms with Crippen LogP contribution in [0.25, 0.3) is 0 Å². The highest BCUT2D eigenvalue weighted by Gasteiger charge is 2.14. The fourth-order valence-corrected chi connectivity index (χ4v) is 2.05. The number of carbonyl (C=O) groups is 2. The molecule has 3 N–H and O–H groups in total. The molecule has 0 aliphatic carbocycles. The van der Waals surface area contributed by atoms with E-state index in [1.54, 1.807) is 17.0 Å². The lowest BCUT2D eigenvalue weighted by Gasteiger charge is -2.10. The van der Waals surface area contributed by atoms with E-state index in [4.69, 9.17) is 11.6 Å². The zero-order valence-corrected chi connectivity index (χ0v) is 13.7. The summed E-state index contributed by atoms with van der Waals surface area (Å²) in [7, 11) is 0. The molecule has 23 heavy (non-hydrogen) atoms. The molecule has 6 nitrogen and oxygen atoms in total. The third-order valence-electron chi connectivity index (χ3n) is 2.77. The third kappa shape index (κ3) is 5.43. The van der Waals surface area contributed by atoms with Gasteiger partial charge in [-0.25, -0.2) is 0 Å². The Kier molecular flexibility index (Phi) is 6.81. The van der Waals surface area contributed by atoms with Crippen LogP contribution in [0.5, 0.6) is 5.75 Å². The summed E-state index contributed by atoms with van der Waals surface area (Å²) in [6, 6.07) is 8.14. The zero-order chi connectivity index (χ0) is 16.1. The lowest BCUT2D eigenvalue weighted by molar-refractivity contribution is -0.684. The minimum atomic E-state index is -0.310. The Morgan fingerprint density at radius 2 is 1.78 bits per heavy atom. The summed E-state index contributed by atoms with van der Waals surface area (Å²) in [6.45, 7) is 1.44. The molecule has 1 aromatic heterocycles. The van der Waals surface area contributed by atoms with Gasteiger partial charge >= 0.3 is 0 Å². The maximum absolute atomic E-state index is 12.0. The minimum Gasteiger partial charge on any atom is -1.00 e. The number of pyridine rings is 1. The number of phenols is 1. The largest absolute Gasteiger partial charge is 1.00 e. The van der Waals surface area contributed by atoms with Gasteiger partial charge in [-0.05, 0) is 6.07 Å². The van der Waals surface area contributed by atoms with Crippen molar-refractivity contribution in [3.63, 3.8) is 0 Å². The number of hydrogen-bond donors (Lipinski definition) is 3. The van der Waals surface area contributed by atoms with Crippen molar-refractivity contribution in [2.45, 2.75) is 13.5 Å². The van der Waals surface area contributed by atoms with Crippen LogP contribution in [0.1, 0.15) is 6.92 Å². The van der Waals surface area contributed by atoms with Gasteiger partial charge in [0.05, 0.1) is 16.4 Å². The van der Waals surface area contributed by atoms with Gasteiger partial charge in [0.15, 0.2) is 12.4 Å². The topological polar surface area (TPSA) is 82.3 Å². The number of hydrogen-bond acceptors (Lipinski definition) is 3. The molecule has 1 heterocycles. The van der Waals surface area contributed by atoms with Crippen molar-refractivity contribution in [1.82, 2.24) is 0 Å². The number of rotatable bonds is 4. The molecule has 0 bridgehead atoms. The van der Waals surface area contributed by atoms with Crippen molar-refractivity contribution >= 4 is 34.8 Å². The molecule has 122 valence electrons. The number of nitrogens with one attached hydrogen (secondary N) is 2. The van der Waals surface area contributed by atoms with Crippen molar-refractivity contribution in [2.24, 2.45) is 0 Å². The van der Waals surface area contributed by atoms with Crippen LogP contribution in [0.15, 0.2) is 42.7 Å². The van der Waals surface area contributed by atoms with Crippen LogP contribution in [0.3, 0.4) is 0 Å². The first-order valence-electron chi connectivity index (χ1n) is 6.50. The second kappa shape index (κ2) is 8.36. The highest BCUT2D eigenvalue weighted by Crippen LogP contribution is 2.33. The summed E-state index contributed by atoms with van der Waals surface area (Å²) in [4.78, 5) is 23.0. The smallest absolute Gasteiger partial charge is 0.290 e. The summed E-state index contributed by atoms with van der Waals surface area (Å²) in [5.74, 6) is -0.798. The quantitative estimate of drug-likeness (QED) is 0.482. The van der Waals surface area contributed by atoms with E-state index in [0.717, 1.165) is 0 Å². The maximum Gasteiger partial charge on any atom is 0.290 e. The van der Waals surface area contributed by atoms with Gasteiger partial charge in [0.2, 0.25) is 12.5 Å². The van der Waals surface area contributed by atoms with Crippen molar-refractivity contribution in [3.8, 4) is 5.75 Å². The summed E-state index contributed by atoms with van der Waals surface area (Å²) < 4.78 is 1.69. The summed E-state index contributed by atoms with van der Waals surface area (Å²) >= 11 is 6.01. The average Bonchev–Trinajstić information content (AvgIpc) is 2.44. The second-order valence-corrected chi connectivity index (χ2v) is 5.03. The van der Waals surface area contributed by atoms with Gasteiger partial charge in [-0.1, -0.05) is 17.7 Å². The molecule has 0 aliphatic heterocycles. The summed E-state index contributed by atoms with van der Waals surface area (Å²) in [6.07, 6.45) is 3.51. The molecule has 0 radical (unpaired) electrons. The van der Waals surface area contributed by atoms with Crippen LogP contribution in [0.2, 0.25) is 5.02 Å². The molecule has 0 saturated heterocycles. The predicted octanol–water partition coefficient (Wildman–Crippen LogP) is -1.07. The highest BCUT2D eigenvalue weighted by molar-refractivity contribution is 6.34. The fraction of sp³-hybridized carbons (Fsp3) is 0.133. The van der Waals surface area contributed by atoms with Crippen molar-refractivity contribution in [3.05, 3.63) is 47.7 Å². The van der Waals surface area contributed by atoms with Crippen LogP contribution >= 0.6 is 11.6 Å². The number of anilines is 2. The molecule has 8 heteroatoms. The molecule has 0 saturated carbocycles. The SMILES string of the molecule is CC(=O)Nc1cc(O)c(NC(=O)C[n+]2ccccc2)cc1Cl.[Cl-]. The number of carbonyl (C=O) groups excluding carboxylic acids is 2. The number of halogens is 2. The average molecular weight is 356 g/mol. The van der Waals surface area contributed by atoms with E-state index >= 15 is 0 Å². The van der Waals surface area contributed by atoms with Crippen LogP contribution in [-0.4, -0.2) is 16.9 Å². The van der Waals surface area contributed by atoms with Crippen molar-refractivity contribution in [2.75, 3.05) is 10.6 Å². The molecule has 2 rings (SSSR count). The van der Waals surface area contributed by atoms with Gasteiger partial charge in [0, 0.05) is 25.1 Å². The first-order valence-corrected chi connectivity index (χ1v) is 6.87. The highest BCUT2D eigenvalue weighted by atomic mass is 35.5. The van der Waals surface area contributed by atoms with Gasteiger partial charge < -0.3 is 28.1 Å². The Balaban J connectivity index is 0.00000264. The zero-order valence-electron chi connectivity index (χ0n) is 12.2. The Morgan fingerprint density at radius 1 is 1.13 bits per heavy atom. The lowest BCUT2D eigenvalue weighted by atomic mass is 10.2. The second-order valence-electron chi connectivity index (χ2n) is 4.63. The number of amides is 2. The van der Waals surface area contributed by atoms with Crippen LogP contribution in [-0.2, 0) is 16.1 Å². The van der Waals surface area contributed by atoms with Crippen molar-refractivity contribution in [1.29, 1.82) is 0 Å². The van der Waals surface area contributed by atoms with Gasteiger partial charge in [-0.3, -0.25) is 9.59 Å². The number of aromatic nitrogens is 1. The normalized spacial score (nSPS) is 9.65. The third-order valence-corrected chi connectivity index (χ3v) is 3.09. The summed E-state index contributed by atoms with van der Waals surface area (Å²) in [5, 5.41) is 15.2. The minimum absolute atomic E-state index is 0. The van der Waals surface area contributed by atoms with E-state index in [2.05, 4.69) is 10.6 Å². The molecule has 0 fully saturated rings. The Labute approximate surface area is 144 Å². The maximum atomic E-state index is 12.0. The first-order chi connectivity index (χ1) is 10.5. The Hall–Kier alpha value is -2.31. The molecule has 2 amide bonds. The van der Waals surface area contributed by atoms with E-state index in [1.807, 2.05) is 18.2 Å². The van der Waals surface area contributed by atoms with E-state index in [9.17, 15) is 14.7 Å². The molecule has 0 aliphatic rings. The Morgan fingerprint density at radius 3 is 2.39 bits per heavy atom. The van der Waals surface area contributed by atoms with Gasteiger partial charge in [0.1, 0.15) is 5.75 Å². The van der Waals surface area contributed by atoms with E-state index in [0.29, 0.717) is 0 Å². The predicted molar refractivity (Wildman–Crippen MR) is 82.7 cm³/mol. The van der Waals surface area contributed by atoms with Gasteiger partial charge in [-0.2, -0.15) is 4.57 Å². The molecular formula is C15H15Cl2N3O3. The molecule has 2 aromatic rings. The number of benzene rings is 1. The first kappa shape index (κ1) is 18.7. The fourth-order valence-electron chi connectivity index (χ4n) is 1.84. The Bertz CT molecular complexity index is 709. The van der Waals surface area contributed by atoms with E-state index in [-0.39, 0.29) is 52.9 Å². The van der Waals surface area contributed by atoms with Crippen LogP contribution < -0.4 is 27.6 Å². The number of phenolic OH excluding ortho intramolecular Hbond substituents is 1. The molecule has 1 aromatic carbocycles. The summed E-state index contributed by atoms with van der Waals surface area (Å²) in [5.41, 5.74) is 0.461. The van der Waals surface area contributed by atoms with Gasteiger partial charge in [0.25, 0.3) is 5.91 Å². The van der Waals surface area contributed by atoms with Crippen molar-refractivity contribution < 1.29 is 31.7 Å². The van der Waals surface area contributed by atoms with E-state index < -0.39 is 0 Å². The number of aromatic hydroxyl groups is 1. The van der Waals surface area contributed by atoms with Gasteiger partial charge in [-0.15, -0.1) is 0 Å².